The minimum atomic E-state index is -0.822. The number of hydrogen-bond donors (Lipinski definition) is 1. The summed E-state index contributed by atoms with van der Waals surface area (Å²) in [5, 5.41) is 7.42. The molecule has 27 heavy (non-hydrogen) atoms. The number of nitrogens with zero attached hydrogens (tertiary/aromatic N) is 3. The van der Waals surface area contributed by atoms with Crippen LogP contribution in [0.2, 0.25) is 5.02 Å². The summed E-state index contributed by atoms with van der Waals surface area (Å²) < 4.78 is 1.06. The second-order valence-corrected chi connectivity index (χ2v) is 6.77. The number of nitrogens with one attached hydrogen (secondary N) is 1. The lowest BCUT2D eigenvalue weighted by Crippen LogP contribution is -2.34. The summed E-state index contributed by atoms with van der Waals surface area (Å²) in [6.45, 7) is 5.45. The zero-order valence-corrected chi connectivity index (χ0v) is 16.0. The SMILES string of the molecule is Cc1ccc(-c2cnn(C(C)C(=O)Nc3ccc(C)c(Cl)c3)c(=O)n2)cc1. The Bertz CT molecular complexity index is 1040. The summed E-state index contributed by atoms with van der Waals surface area (Å²) in [7, 11) is 0. The molecule has 138 valence electrons. The quantitative estimate of drug-likeness (QED) is 0.745. The molecular formula is C20H19ClN4O2. The van der Waals surface area contributed by atoms with Gasteiger partial charge in [0.1, 0.15) is 6.04 Å². The molecule has 0 aliphatic rings. The van der Waals surface area contributed by atoms with Crippen LogP contribution in [0.15, 0.2) is 53.5 Å². The molecule has 0 aliphatic carbocycles. The molecule has 0 saturated carbocycles. The third-order valence-electron chi connectivity index (χ3n) is 4.25. The number of carbonyl (C=O) groups excluding carboxylic acids is 1. The highest BCUT2D eigenvalue weighted by Crippen LogP contribution is 2.21. The van der Waals surface area contributed by atoms with Crippen LogP contribution < -0.4 is 11.0 Å². The average molecular weight is 383 g/mol. The van der Waals surface area contributed by atoms with Crippen LogP contribution in [0, 0.1) is 13.8 Å². The number of hydrogen-bond acceptors (Lipinski definition) is 4. The molecule has 0 spiro atoms. The van der Waals surface area contributed by atoms with E-state index in [4.69, 9.17) is 11.6 Å². The van der Waals surface area contributed by atoms with E-state index in [1.54, 1.807) is 19.1 Å². The fourth-order valence-corrected chi connectivity index (χ4v) is 2.69. The Morgan fingerprint density at radius 2 is 1.85 bits per heavy atom. The van der Waals surface area contributed by atoms with Crippen molar-refractivity contribution in [2.45, 2.75) is 26.8 Å². The van der Waals surface area contributed by atoms with Gasteiger partial charge in [0.2, 0.25) is 5.91 Å². The van der Waals surface area contributed by atoms with Crippen molar-refractivity contribution in [1.29, 1.82) is 0 Å². The summed E-state index contributed by atoms with van der Waals surface area (Å²) in [4.78, 5) is 28.9. The zero-order chi connectivity index (χ0) is 19.6. The number of anilines is 1. The highest BCUT2D eigenvalue weighted by molar-refractivity contribution is 6.31. The van der Waals surface area contributed by atoms with Gasteiger partial charge in [-0.2, -0.15) is 10.1 Å². The second-order valence-electron chi connectivity index (χ2n) is 6.36. The first-order chi connectivity index (χ1) is 12.8. The Kier molecular flexibility index (Phi) is 5.37. The van der Waals surface area contributed by atoms with Gasteiger partial charge in [-0.25, -0.2) is 9.48 Å². The monoisotopic (exact) mass is 382 g/mol. The molecule has 3 rings (SSSR count). The molecule has 1 amide bonds. The van der Waals surface area contributed by atoms with Crippen molar-refractivity contribution in [1.82, 2.24) is 14.8 Å². The van der Waals surface area contributed by atoms with E-state index in [1.807, 2.05) is 44.2 Å². The van der Waals surface area contributed by atoms with Crippen molar-refractivity contribution >= 4 is 23.2 Å². The lowest BCUT2D eigenvalue weighted by molar-refractivity contribution is -0.119. The van der Waals surface area contributed by atoms with Crippen molar-refractivity contribution in [3.8, 4) is 11.3 Å². The fraction of sp³-hybridized carbons (Fsp3) is 0.200. The third kappa shape index (κ3) is 4.23. The van der Waals surface area contributed by atoms with Crippen LogP contribution >= 0.6 is 11.6 Å². The largest absolute Gasteiger partial charge is 0.365 e. The molecule has 3 aromatic rings. The molecule has 2 aromatic carbocycles. The van der Waals surface area contributed by atoms with E-state index < -0.39 is 11.7 Å². The molecule has 1 heterocycles. The minimum absolute atomic E-state index is 0.380. The fourth-order valence-electron chi connectivity index (χ4n) is 2.51. The van der Waals surface area contributed by atoms with E-state index in [0.29, 0.717) is 16.4 Å². The number of aromatic nitrogens is 3. The molecule has 7 heteroatoms. The predicted octanol–water partition coefficient (Wildman–Crippen LogP) is 3.78. The number of rotatable bonds is 4. The average Bonchev–Trinajstić information content (AvgIpc) is 2.64. The van der Waals surface area contributed by atoms with Gasteiger partial charge in [-0.05, 0) is 38.5 Å². The molecule has 1 N–H and O–H groups in total. The van der Waals surface area contributed by atoms with Crippen molar-refractivity contribution in [2.75, 3.05) is 5.32 Å². The smallest absolute Gasteiger partial charge is 0.324 e. The van der Waals surface area contributed by atoms with E-state index in [1.165, 1.54) is 6.20 Å². The number of halogens is 1. The van der Waals surface area contributed by atoms with Crippen LogP contribution in [0.25, 0.3) is 11.3 Å². The van der Waals surface area contributed by atoms with Crippen LogP contribution in [-0.4, -0.2) is 20.7 Å². The highest BCUT2D eigenvalue weighted by atomic mass is 35.5. The van der Waals surface area contributed by atoms with E-state index >= 15 is 0 Å². The van der Waals surface area contributed by atoms with E-state index in [0.717, 1.165) is 21.4 Å². The zero-order valence-electron chi connectivity index (χ0n) is 15.2. The van der Waals surface area contributed by atoms with Gasteiger partial charge in [-0.3, -0.25) is 4.79 Å². The van der Waals surface area contributed by atoms with E-state index in [2.05, 4.69) is 15.4 Å². The summed E-state index contributed by atoms with van der Waals surface area (Å²) in [5.41, 5.74) is 3.26. The maximum absolute atomic E-state index is 12.5. The van der Waals surface area contributed by atoms with Crippen molar-refractivity contribution < 1.29 is 4.79 Å². The van der Waals surface area contributed by atoms with Crippen LogP contribution in [0.5, 0.6) is 0 Å². The molecule has 0 radical (unpaired) electrons. The summed E-state index contributed by atoms with van der Waals surface area (Å²) >= 11 is 6.08. The van der Waals surface area contributed by atoms with E-state index in [-0.39, 0.29) is 5.91 Å². The Hall–Kier alpha value is -2.99. The van der Waals surface area contributed by atoms with Gasteiger partial charge < -0.3 is 5.32 Å². The van der Waals surface area contributed by atoms with Gasteiger partial charge in [0.25, 0.3) is 0 Å². The summed E-state index contributed by atoms with van der Waals surface area (Å²) in [5.74, 6) is -0.380. The molecule has 0 fully saturated rings. The number of carbonyl (C=O) groups is 1. The van der Waals surface area contributed by atoms with Gasteiger partial charge in [-0.1, -0.05) is 47.5 Å². The van der Waals surface area contributed by atoms with E-state index in [9.17, 15) is 9.59 Å². The van der Waals surface area contributed by atoms with Crippen molar-refractivity contribution in [2.24, 2.45) is 0 Å². The van der Waals surface area contributed by atoms with Gasteiger partial charge in [-0.15, -0.1) is 0 Å². The molecule has 1 unspecified atom stereocenters. The Morgan fingerprint density at radius 3 is 2.48 bits per heavy atom. The molecule has 1 atom stereocenters. The van der Waals surface area contributed by atoms with Crippen molar-refractivity contribution in [3.05, 3.63) is 75.3 Å². The molecule has 0 saturated heterocycles. The summed E-state index contributed by atoms with van der Waals surface area (Å²) in [6, 6.07) is 12.0. The predicted molar refractivity (Wildman–Crippen MR) is 106 cm³/mol. The number of aryl methyl sites for hydroxylation is 2. The van der Waals surface area contributed by atoms with Crippen LogP contribution in [0.3, 0.4) is 0 Å². The van der Waals surface area contributed by atoms with Crippen LogP contribution in [0.4, 0.5) is 5.69 Å². The third-order valence-corrected chi connectivity index (χ3v) is 4.66. The maximum atomic E-state index is 12.5. The first-order valence-electron chi connectivity index (χ1n) is 8.45. The first kappa shape index (κ1) is 18.8. The topological polar surface area (TPSA) is 76.9 Å². The number of amides is 1. The maximum Gasteiger partial charge on any atom is 0.365 e. The van der Waals surface area contributed by atoms with Crippen LogP contribution in [-0.2, 0) is 4.79 Å². The van der Waals surface area contributed by atoms with Gasteiger partial charge in [0.05, 0.1) is 11.9 Å². The standard InChI is InChI=1S/C20H19ClN4O2/c1-12-4-7-15(8-5-12)18-11-22-25(20(27)24-18)14(3)19(26)23-16-9-6-13(2)17(21)10-16/h4-11,14H,1-3H3,(H,23,26). The Morgan fingerprint density at radius 1 is 1.15 bits per heavy atom. The Balaban J connectivity index is 1.80. The molecule has 0 bridgehead atoms. The second kappa shape index (κ2) is 7.72. The van der Waals surface area contributed by atoms with Gasteiger partial charge >= 0.3 is 5.69 Å². The molecule has 0 aliphatic heterocycles. The molecular weight excluding hydrogens is 364 g/mol. The van der Waals surface area contributed by atoms with Gasteiger partial charge in [0, 0.05) is 16.3 Å². The lowest BCUT2D eigenvalue weighted by Gasteiger charge is -2.14. The minimum Gasteiger partial charge on any atom is -0.324 e. The normalized spacial score (nSPS) is 11.9. The number of benzene rings is 2. The van der Waals surface area contributed by atoms with Crippen molar-refractivity contribution in [3.63, 3.8) is 0 Å². The highest BCUT2D eigenvalue weighted by Gasteiger charge is 2.19. The lowest BCUT2D eigenvalue weighted by atomic mass is 10.1. The summed E-state index contributed by atoms with van der Waals surface area (Å²) in [6.07, 6.45) is 1.48. The molecule has 6 nitrogen and oxygen atoms in total. The van der Waals surface area contributed by atoms with Gasteiger partial charge in [0.15, 0.2) is 0 Å². The Labute approximate surface area is 161 Å². The first-order valence-corrected chi connectivity index (χ1v) is 8.83. The van der Waals surface area contributed by atoms with Crippen LogP contribution in [0.1, 0.15) is 24.1 Å². The molecule has 1 aromatic heterocycles.